The molecule has 0 aromatic heterocycles. The van der Waals surface area contributed by atoms with E-state index >= 15 is 0 Å². The van der Waals surface area contributed by atoms with E-state index in [0.717, 1.165) is 12.8 Å². The van der Waals surface area contributed by atoms with Gasteiger partial charge in [-0.3, -0.25) is 0 Å². The van der Waals surface area contributed by atoms with Gasteiger partial charge in [-0.05, 0) is 24.7 Å². The lowest BCUT2D eigenvalue weighted by Gasteiger charge is -2.22. The zero-order valence-electron chi connectivity index (χ0n) is 7.25. The molecule has 0 radical (unpaired) electrons. The average Bonchev–Trinajstić information content (AvgIpc) is 1.86. The van der Waals surface area contributed by atoms with Crippen molar-refractivity contribution < 1.29 is 8.42 Å². The van der Waals surface area contributed by atoms with Gasteiger partial charge in [0.05, 0.1) is 11.5 Å². The van der Waals surface area contributed by atoms with E-state index in [1.807, 2.05) is 0 Å². The highest BCUT2D eigenvalue weighted by Crippen LogP contribution is 2.25. The van der Waals surface area contributed by atoms with Crippen LogP contribution in [0.2, 0.25) is 0 Å². The Hall–Kier alpha value is -0.0500. The fourth-order valence-electron chi connectivity index (χ4n) is 1.58. The Labute approximate surface area is 68.9 Å². The predicted molar refractivity (Wildman–Crippen MR) is 47.4 cm³/mol. The van der Waals surface area contributed by atoms with Crippen LogP contribution in [0.25, 0.3) is 0 Å². The first-order chi connectivity index (χ1) is 5.01. The molecule has 0 bridgehead atoms. The summed E-state index contributed by atoms with van der Waals surface area (Å²) in [5.41, 5.74) is 0. The van der Waals surface area contributed by atoms with Crippen LogP contribution in [0.1, 0.15) is 26.7 Å². The van der Waals surface area contributed by atoms with Crippen molar-refractivity contribution in [2.75, 3.05) is 11.5 Å². The van der Waals surface area contributed by atoms with Gasteiger partial charge in [-0.25, -0.2) is 4.21 Å². The van der Waals surface area contributed by atoms with Crippen molar-refractivity contribution in [3.05, 3.63) is 0 Å². The number of rotatable bonds is 1. The topological polar surface area (TPSA) is 38.5 Å². The molecule has 0 aromatic rings. The van der Waals surface area contributed by atoms with Crippen molar-refractivity contribution in [3.63, 3.8) is 0 Å². The Morgan fingerprint density at radius 1 is 1.36 bits per heavy atom. The summed E-state index contributed by atoms with van der Waals surface area (Å²) in [6, 6.07) is 0. The van der Waals surface area contributed by atoms with Gasteiger partial charge in [0.1, 0.15) is 0 Å². The second kappa shape index (κ2) is 3.13. The minimum Gasteiger partial charge on any atom is -0.229 e. The van der Waals surface area contributed by atoms with Crippen LogP contribution >= 0.6 is 0 Å². The maximum Gasteiger partial charge on any atom is 0.273 e. The lowest BCUT2D eigenvalue weighted by Crippen LogP contribution is -2.25. The quantitative estimate of drug-likeness (QED) is 0.561. The van der Waals surface area contributed by atoms with E-state index < -0.39 is 9.84 Å². The summed E-state index contributed by atoms with van der Waals surface area (Å²) in [5, 5.41) is 0. The van der Waals surface area contributed by atoms with Gasteiger partial charge >= 0.3 is 0 Å². The van der Waals surface area contributed by atoms with Crippen molar-refractivity contribution in [1.29, 1.82) is 0 Å². The van der Waals surface area contributed by atoms with Crippen LogP contribution in [0.15, 0.2) is 0 Å². The molecule has 0 saturated carbocycles. The van der Waals surface area contributed by atoms with Crippen LogP contribution in [0, 0.1) is 11.8 Å². The summed E-state index contributed by atoms with van der Waals surface area (Å²) < 4.78 is 20.3. The van der Waals surface area contributed by atoms with E-state index in [2.05, 4.69) is 13.8 Å². The number of hydrogen-bond donors (Lipinski definition) is 0. The summed E-state index contributed by atoms with van der Waals surface area (Å²) in [5.74, 6) is 2.40. The summed E-state index contributed by atoms with van der Waals surface area (Å²) in [6.07, 6.45) is 1.88. The molecule has 66 valence electrons. The molecule has 2 nitrogen and oxygen atoms in total. The van der Waals surface area contributed by atoms with Crippen LogP contribution in [0.4, 0.5) is 0 Å². The molecule has 1 saturated heterocycles. The molecule has 0 unspecified atom stereocenters. The predicted octanol–water partition coefficient (Wildman–Crippen LogP) is 1.62. The third kappa shape index (κ3) is 2.47. The fourth-order valence-corrected chi connectivity index (χ4v) is 3.13. The van der Waals surface area contributed by atoms with Gasteiger partial charge < -0.3 is 0 Å². The van der Waals surface area contributed by atoms with Crippen LogP contribution in [-0.2, 0) is 9.84 Å². The third-order valence-electron chi connectivity index (χ3n) is 2.56. The van der Waals surface area contributed by atoms with E-state index in [1.54, 1.807) is 0 Å². The van der Waals surface area contributed by atoms with Gasteiger partial charge in [0.15, 0.2) is 0 Å². The standard InChI is InChI=1S/C8H16O2S/c1-7(2)8-3-5-11(9,10)6-4-8/h7-8H,3-6H2,1-2H3/p+1. The molecule has 0 aromatic carbocycles. The monoisotopic (exact) mass is 177 g/mol. The summed E-state index contributed by atoms with van der Waals surface area (Å²) in [6.45, 7) is 4.38. The Kier molecular flexibility index (Phi) is 2.58. The first-order valence-electron chi connectivity index (χ1n) is 4.23. The van der Waals surface area contributed by atoms with Gasteiger partial charge in [-0.1, -0.05) is 13.8 Å². The zero-order valence-corrected chi connectivity index (χ0v) is 8.06. The van der Waals surface area contributed by atoms with Crippen LogP contribution in [0.5, 0.6) is 0 Å². The molecular weight excluding hydrogens is 160 g/mol. The largest absolute Gasteiger partial charge is 0.273 e. The first kappa shape index (κ1) is 9.04. The Bertz CT molecular complexity index is 202. The van der Waals surface area contributed by atoms with Crippen molar-refractivity contribution in [2.24, 2.45) is 11.8 Å². The molecule has 1 fully saturated rings. The van der Waals surface area contributed by atoms with Gasteiger partial charge in [-0.15, -0.1) is 0 Å². The van der Waals surface area contributed by atoms with E-state index in [9.17, 15) is 8.42 Å². The molecule has 0 spiro atoms. The lowest BCUT2D eigenvalue weighted by molar-refractivity contribution is 0.352. The van der Waals surface area contributed by atoms with Crippen LogP contribution < -0.4 is 0 Å². The van der Waals surface area contributed by atoms with Crippen molar-refractivity contribution in [3.8, 4) is 0 Å². The summed E-state index contributed by atoms with van der Waals surface area (Å²) >= 11 is 0. The summed E-state index contributed by atoms with van der Waals surface area (Å²) in [4.78, 5) is 0. The van der Waals surface area contributed by atoms with Gasteiger partial charge in [0, 0.05) is 0 Å². The van der Waals surface area contributed by atoms with Crippen molar-refractivity contribution in [2.45, 2.75) is 26.7 Å². The van der Waals surface area contributed by atoms with Gasteiger partial charge in [0.2, 0.25) is 0 Å². The first-order valence-corrected chi connectivity index (χ1v) is 6.08. The van der Waals surface area contributed by atoms with Gasteiger partial charge in [0.25, 0.3) is 9.84 Å². The van der Waals surface area contributed by atoms with Crippen LogP contribution in [0.3, 0.4) is 0 Å². The van der Waals surface area contributed by atoms with E-state index in [-0.39, 0.29) is 0 Å². The molecule has 1 aliphatic heterocycles. The Morgan fingerprint density at radius 3 is 2.18 bits per heavy atom. The third-order valence-corrected chi connectivity index (χ3v) is 4.31. The molecule has 1 aliphatic rings. The SMILES string of the molecule is CC(C)C1CCS(=O)(=[OH+])CC1. The minimum absolute atomic E-state index is 0.524. The highest BCUT2D eigenvalue weighted by molar-refractivity contribution is 7.91. The molecule has 11 heavy (non-hydrogen) atoms. The lowest BCUT2D eigenvalue weighted by atomic mass is 9.91. The molecule has 0 amide bonds. The second-order valence-corrected chi connectivity index (χ2v) is 6.12. The minimum atomic E-state index is -2.40. The molecule has 0 aliphatic carbocycles. The molecule has 0 atom stereocenters. The van der Waals surface area contributed by atoms with Gasteiger partial charge in [-0.2, -0.15) is 4.21 Å². The molecule has 1 rings (SSSR count). The highest BCUT2D eigenvalue weighted by atomic mass is 32.2. The van der Waals surface area contributed by atoms with E-state index in [1.165, 1.54) is 0 Å². The highest BCUT2D eigenvalue weighted by Gasteiger charge is 2.28. The fraction of sp³-hybridized carbons (Fsp3) is 1.00. The maximum absolute atomic E-state index is 11.1. The summed E-state index contributed by atoms with van der Waals surface area (Å²) in [7, 11) is -2.40. The maximum atomic E-state index is 11.1. The normalized spacial score (nSPS) is 39.4. The zero-order chi connectivity index (χ0) is 8.48. The second-order valence-electron chi connectivity index (χ2n) is 3.76. The number of hydrogen-bond acceptors (Lipinski definition) is 1. The van der Waals surface area contributed by atoms with Crippen molar-refractivity contribution in [1.82, 2.24) is 0 Å². The molecule has 1 heterocycles. The molecular formula is C8H17O2S+. The Morgan fingerprint density at radius 2 is 1.82 bits per heavy atom. The smallest absolute Gasteiger partial charge is 0.229 e. The van der Waals surface area contributed by atoms with Crippen LogP contribution in [-0.4, -0.2) is 19.9 Å². The van der Waals surface area contributed by atoms with E-state index in [4.69, 9.17) is 0 Å². The Balaban J connectivity index is 2.49. The molecule has 3 heteroatoms. The van der Waals surface area contributed by atoms with E-state index in [0.29, 0.717) is 23.3 Å². The average molecular weight is 177 g/mol. The van der Waals surface area contributed by atoms with Crippen molar-refractivity contribution >= 4 is 9.84 Å². The molecule has 1 N–H and O–H groups in total.